The Labute approximate surface area is 110 Å². The molecular weight excluding hydrogens is 220 g/mol. The second-order valence-corrected chi connectivity index (χ2v) is 5.81. The van der Waals surface area contributed by atoms with E-state index in [-0.39, 0.29) is 0 Å². The summed E-state index contributed by atoms with van der Waals surface area (Å²) in [4.78, 5) is 2.58. The predicted molar refractivity (Wildman–Crippen MR) is 75.8 cm³/mol. The van der Waals surface area contributed by atoms with Gasteiger partial charge in [0.05, 0.1) is 0 Å². The first-order chi connectivity index (χ1) is 8.85. The number of fused-ring (bicyclic) bond motifs is 1. The average Bonchev–Trinajstić information content (AvgIpc) is 2.91. The molecule has 2 aliphatic rings. The van der Waals surface area contributed by atoms with Crippen LogP contribution in [0.2, 0.25) is 0 Å². The second-order valence-electron chi connectivity index (χ2n) is 5.81. The van der Waals surface area contributed by atoms with Crippen molar-refractivity contribution in [3.05, 3.63) is 34.9 Å². The van der Waals surface area contributed by atoms with Crippen molar-refractivity contribution in [1.29, 1.82) is 0 Å². The number of rotatable bonds is 3. The second kappa shape index (κ2) is 5.41. The van der Waals surface area contributed by atoms with Gasteiger partial charge in [0.25, 0.3) is 0 Å². The molecule has 1 unspecified atom stereocenters. The minimum Gasteiger partial charge on any atom is -0.317 e. The number of nitrogens with zero attached hydrogens (tertiary/aromatic N) is 1. The van der Waals surface area contributed by atoms with E-state index >= 15 is 0 Å². The van der Waals surface area contributed by atoms with Crippen molar-refractivity contribution in [2.24, 2.45) is 0 Å². The number of likely N-dealkylation sites (tertiary alicyclic amines) is 1. The van der Waals surface area contributed by atoms with Crippen LogP contribution < -0.4 is 5.32 Å². The maximum Gasteiger partial charge on any atom is 0.0233 e. The maximum absolute atomic E-state index is 3.41. The molecule has 0 spiro atoms. The standard InChI is InChI=1S/C16H24N2/c1-17-16-7-6-14-10-13(4-5-15(14)11-16)12-18-8-2-3-9-18/h4-5,10,16-17H,2-3,6-9,11-12H2,1H3. The van der Waals surface area contributed by atoms with Gasteiger partial charge in [0.15, 0.2) is 0 Å². The Bertz CT molecular complexity index is 408. The lowest BCUT2D eigenvalue weighted by Crippen LogP contribution is -2.31. The first-order valence-electron chi connectivity index (χ1n) is 7.35. The Morgan fingerprint density at radius 2 is 2.06 bits per heavy atom. The highest BCUT2D eigenvalue weighted by Crippen LogP contribution is 2.23. The fourth-order valence-corrected chi connectivity index (χ4v) is 3.35. The zero-order valence-corrected chi connectivity index (χ0v) is 11.4. The summed E-state index contributed by atoms with van der Waals surface area (Å²) in [6.07, 6.45) is 6.50. The van der Waals surface area contributed by atoms with Crippen LogP contribution >= 0.6 is 0 Å². The lowest BCUT2D eigenvalue weighted by atomic mass is 9.87. The van der Waals surface area contributed by atoms with Crippen LogP contribution in [0, 0.1) is 0 Å². The molecule has 18 heavy (non-hydrogen) atoms. The van der Waals surface area contributed by atoms with E-state index in [0.717, 1.165) is 6.54 Å². The third-order valence-corrected chi connectivity index (χ3v) is 4.51. The van der Waals surface area contributed by atoms with Gasteiger partial charge in [-0.1, -0.05) is 18.2 Å². The molecule has 0 radical (unpaired) electrons. The van der Waals surface area contributed by atoms with E-state index in [1.807, 2.05) is 0 Å². The molecule has 1 atom stereocenters. The van der Waals surface area contributed by atoms with E-state index in [1.165, 1.54) is 50.8 Å². The number of likely N-dealkylation sites (N-methyl/N-ethyl adjacent to an activating group) is 1. The quantitative estimate of drug-likeness (QED) is 0.878. The molecule has 1 aromatic rings. The van der Waals surface area contributed by atoms with Gasteiger partial charge in [-0.2, -0.15) is 0 Å². The van der Waals surface area contributed by atoms with Gasteiger partial charge in [-0.15, -0.1) is 0 Å². The minimum atomic E-state index is 0.682. The Kier molecular flexibility index (Phi) is 3.67. The Hall–Kier alpha value is -0.860. The van der Waals surface area contributed by atoms with Crippen LogP contribution in [0.5, 0.6) is 0 Å². The minimum absolute atomic E-state index is 0.682. The topological polar surface area (TPSA) is 15.3 Å². The fourth-order valence-electron chi connectivity index (χ4n) is 3.35. The van der Waals surface area contributed by atoms with Gasteiger partial charge in [-0.3, -0.25) is 4.90 Å². The van der Waals surface area contributed by atoms with E-state index in [4.69, 9.17) is 0 Å². The van der Waals surface area contributed by atoms with E-state index in [0.29, 0.717) is 6.04 Å². The molecule has 2 nitrogen and oxygen atoms in total. The molecule has 1 aliphatic carbocycles. The summed E-state index contributed by atoms with van der Waals surface area (Å²) in [5.41, 5.74) is 4.67. The normalized spacial score (nSPS) is 24.2. The summed E-state index contributed by atoms with van der Waals surface area (Å²) < 4.78 is 0. The maximum atomic E-state index is 3.41. The molecule has 2 heteroatoms. The van der Waals surface area contributed by atoms with Crippen molar-refractivity contribution in [3.63, 3.8) is 0 Å². The molecule has 1 fully saturated rings. The smallest absolute Gasteiger partial charge is 0.0233 e. The van der Waals surface area contributed by atoms with Gasteiger partial charge in [0.1, 0.15) is 0 Å². The zero-order chi connectivity index (χ0) is 12.4. The SMILES string of the molecule is CNC1CCc2cc(CN3CCCC3)ccc2C1. The lowest BCUT2D eigenvalue weighted by molar-refractivity contribution is 0.331. The highest BCUT2D eigenvalue weighted by molar-refractivity contribution is 5.34. The zero-order valence-electron chi connectivity index (χ0n) is 11.4. The van der Waals surface area contributed by atoms with Crippen LogP contribution in [0.25, 0.3) is 0 Å². The molecular formula is C16H24N2. The monoisotopic (exact) mass is 244 g/mol. The van der Waals surface area contributed by atoms with E-state index in [2.05, 4.69) is 35.5 Å². The van der Waals surface area contributed by atoms with Crippen molar-refractivity contribution >= 4 is 0 Å². The molecule has 3 rings (SSSR count). The Morgan fingerprint density at radius 1 is 1.22 bits per heavy atom. The summed E-state index contributed by atoms with van der Waals surface area (Å²) in [7, 11) is 2.08. The van der Waals surface area contributed by atoms with Gasteiger partial charge < -0.3 is 5.32 Å². The number of hydrogen-bond acceptors (Lipinski definition) is 2. The van der Waals surface area contributed by atoms with Gasteiger partial charge >= 0.3 is 0 Å². The number of aryl methyl sites for hydroxylation is 1. The molecule has 0 bridgehead atoms. The number of nitrogens with one attached hydrogen (secondary N) is 1. The average molecular weight is 244 g/mol. The van der Waals surface area contributed by atoms with Crippen LogP contribution in [0.1, 0.15) is 36.0 Å². The van der Waals surface area contributed by atoms with Gasteiger partial charge in [0.2, 0.25) is 0 Å². The molecule has 0 amide bonds. The summed E-state index contributed by atoms with van der Waals surface area (Å²) in [5.74, 6) is 0. The molecule has 1 aromatic carbocycles. The molecule has 1 N–H and O–H groups in total. The van der Waals surface area contributed by atoms with Gasteiger partial charge in [0, 0.05) is 12.6 Å². The molecule has 1 aliphatic heterocycles. The summed E-state index contributed by atoms with van der Waals surface area (Å²) in [6.45, 7) is 3.74. The van der Waals surface area contributed by atoms with Crippen LogP contribution in [-0.4, -0.2) is 31.1 Å². The van der Waals surface area contributed by atoms with E-state index < -0.39 is 0 Å². The molecule has 1 saturated heterocycles. The van der Waals surface area contributed by atoms with Crippen LogP contribution in [0.3, 0.4) is 0 Å². The highest BCUT2D eigenvalue weighted by Gasteiger charge is 2.18. The van der Waals surface area contributed by atoms with Crippen molar-refractivity contribution in [2.75, 3.05) is 20.1 Å². The largest absolute Gasteiger partial charge is 0.317 e. The van der Waals surface area contributed by atoms with E-state index in [1.54, 1.807) is 11.1 Å². The lowest BCUT2D eigenvalue weighted by Gasteiger charge is -2.25. The summed E-state index contributed by atoms with van der Waals surface area (Å²) >= 11 is 0. The highest BCUT2D eigenvalue weighted by atomic mass is 15.1. The number of benzene rings is 1. The molecule has 0 aromatic heterocycles. The van der Waals surface area contributed by atoms with E-state index in [9.17, 15) is 0 Å². The molecule has 0 saturated carbocycles. The third-order valence-electron chi connectivity index (χ3n) is 4.51. The molecule has 1 heterocycles. The van der Waals surface area contributed by atoms with Crippen LogP contribution in [0.15, 0.2) is 18.2 Å². The van der Waals surface area contributed by atoms with Crippen LogP contribution in [0.4, 0.5) is 0 Å². The molecule has 98 valence electrons. The van der Waals surface area contributed by atoms with Crippen molar-refractivity contribution in [3.8, 4) is 0 Å². The third kappa shape index (κ3) is 2.60. The predicted octanol–water partition coefficient (Wildman–Crippen LogP) is 2.36. The summed E-state index contributed by atoms with van der Waals surface area (Å²) in [6, 6.07) is 7.85. The first-order valence-corrected chi connectivity index (χ1v) is 7.35. The van der Waals surface area contributed by atoms with Gasteiger partial charge in [-0.25, -0.2) is 0 Å². The van der Waals surface area contributed by atoms with Crippen molar-refractivity contribution in [2.45, 2.75) is 44.7 Å². The van der Waals surface area contributed by atoms with Crippen molar-refractivity contribution < 1.29 is 0 Å². The fraction of sp³-hybridized carbons (Fsp3) is 0.625. The summed E-state index contributed by atoms with van der Waals surface area (Å²) in [5, 5.41) is 3.41. The van der Waals surface area contributed by atoms with Crippen molar-refractivity contribution in [1.82, 2.24) is 10.2 Å². The van der Waals surface area contributed by atoms with Crippen LogP contribution in [-0.2, 0) is 19.4 Å². The first kappa shape index (κ1) is 12.2. The Morgan fingerprint density at radius 3 is 2.83 bits per heavy atom. The van der Waals surface area contributed by atoms with Gasteiger partial charge in [-0.05, 0) is 68.9 Å². The Balaban J connectivity index is 1.71. The number of hydrogen-bond donors (Lipinski definition) is 1.